The largest absolute Gasteiger partial charge is 0.398 e. The Hall–Kier alpha value is -2.29. The number of amides is 1. The number of nitrogens with two attached hydrogens (primary N) is 1. The lowest BCUT2D eigenvalue weighted by Gasteiger charge is -2.10. The summed E-state index contributed by atoms with van der Waals surface area (Å²) >= 11 is 0. The van der Waals surface area contributed by atoms with E-state index in [9.17, 15) is 4.79 Å². The van der Waals surface area contributed by atoms with Crippen LogP contribution in [-0.2, 0) is 6.42 Å². The summed E-state index contributed by atoms with van der Waals surface area (Å²) in [4.78, 5) is 12.1. The molecule has 0 fully saturated rings. The molecule has 0 bridgehead atoms. The van der Waals surface area contributed by atoms with Crippen molar-refractivity contribution < 1.29 is 4.79 Å². The van der Waals surface area contributed by atoms with E-state index in [1.807, 2.05) is 43.3 Å². The number of nitrogen functional groups attached to an aromatic ring is 1. The predicted molar refractivity (Wildman–Crippen MR) is 79.4 cm³/mol. The second-order valence-corrected chi connectivity index (χ2v) is 4.54. The summed E-state index contributed by atoms with van der Waals surface area (Å²) in [5, 5.41) is 2.87. The van der Waals surface area contributed by atoms with Crippen LogP contribution in [0.3, 0.4) is 0 Å². The second kappa shape index (κ2) is 5.57. The highest BCUT2D eigenvalue weighted by molar-refractivity contribution is 6.05. The van der Waals surface area contributed by atoms with Crippen molar-refractivity contribution in [2.45, 2.75) is 20.3 Å². The molecule has 0 unspecified atom stereocenters. The molecule has 0 radical (unpaired) electrons. The van der Waals surface area contributed by atoms with Crippen molar-refractivity contribution in [1.29, 1.82) is 0 Å². The van der Waals surface area contributed by atoms with Gasteiger partial charge in [-0.2, -0.15) is 0 Å². The number of aryl methyl sites for hydroxylation is 2. The minimum atomic E-state index is -0.109. The van der Waals surface area contributed by atoms with Crippen molar-refractivity contribution in [2.24, 2.45) is 0 Å². The Balaban J connectivity index is 2.20. The summed E-state index contributed by atoms with van der Waals surface area (Å²) < 4.78 is 0. The minimum absolute atomic E-state index is 0.109. The van der Waals surface area contributed by atoms with Gasteiger partial charge in [0.2, 0.25) is 0 Å². The van der Waals surface area contributed by atoms with E-state index in [4.69, 9.17) is 5.73 Å². The van der Waals surface area contributed by atoms with Gasteiger partial charge in [0.05, 0.1) is 0 Å². The van der Waals surface area contributed by atoms with Gasteiger partial charge < -0.3 is 11.1 Å². The van der Waals surface area contributed by atoms with Crippen molar-refractivity contribution in [3.05, 3.63) is 59.2 Å². The van der Waals surface area contributed by atoms with E-state index in [1.165, 1.54) is 0 Å². The topological polar surface area (TPSA) is 55.1 Å². The maximum atomic E-state index is 12.1. The third-order valence-corrected chi connectivity index (χ3v) is 3.17. The van der Waals surface area contributed by atoms with Gasteiger partial charge in [0, 0.05) is 16.9 Å². The van der Waals surface area contributed by atoms with Gasteiger partial charge >= 0.3 is 0 Å². The Morgan fingerprint density at radius 3 is 2.58 bits per heavy atom. The first kappa shape index (κ1) is 13.1. The molecule has 0 atom stereocenters. The number of hydrogen-bond acceptors (Lipinski definition) is 2. The van der Waals surface area contributed by atoms with Crippen LogP contribution < -0.4 is 11.1 Å². The van der Waals surface area contributed by atoms with Gasteiger partial charge in [-0.25, -0.2) is 0 Å². The van der Waals surface area contributed by atoms with E-state index in [0.717, 1.165) is 23.2 Å². The zero-order valence-electron chi connectivity index (χ0n) is 11.2. The van der Waals surface area contributed by atoms with Crippen LogP contribution >= 0.6 is 0 Å². The summed E-state index contributed by atoms with van der Waals surface area (Å²) in [6, 6.07) is 13.1. The van der Waals surface area contributed by atoms with Crippen LogP contribution in [0.2, 0.25) is 0 Å². The van der Waals surface area contributed by atoms with Crippen molar-refractivity contribution >= 4 is 17.3 Å². The molecular formula is C16H18N2O. The molecule has 3 N–H and O–H groups in total. The van der Waals surface area contributed by atoms with Crippen LogP contribution in [0.5, 0.6) is 0 Å². The number of rotatable bonds is 3. The highest BCUT2D eigenvalue weighted by Crippen LogP contribution is 2.19. The highest BCUT2D eigenvalue weighted by Gasteiger charge is 2.09. The van der Waals surface area contributed by atoms with E-state index in [-0.39, 0.29) is 5.91 Å². The van der Waals surface area contributed by atoms with E-state index >= 15 is 0 Å². The number of hydrogen-bond donors (Lipinski definition) is 2. The van der Waals surface area contributed by atoms with Crippen molar-refractivity contribution in [1.82, 2.24) is 0 Å². The van der Waals surface area contributed by atoms with Gasteiger partial charge in [-0.1, -0.05) is 31.2 Å². The standard InChI is InChI=1S/C16H18N2O/c1-3-12-8-9-13(10-15(12)17)18-16(19)14-7-5-4-6-11(14)2/h4-10H,3,17H2,1-2H3,(H,18,19). The minimum Gasteiger partial charge on any atom is -0.398 e. The molecule has 1 amide bonds. The molecule has 0 heterocycles. The highest BCUT2D eigenvalue weighted by atomic mass is 16.1. The molecule has 0 aliphatic rings. The first-order valence-electron chi connectivity index (χ1n) is 6.37. The van der Waals surface area contributed by atoms with E-state index in [1.54, 1.807) is 6.07 Å². The molecule has 2 rings (SSSR count). The lowest BCUT2D eigenvalue weighted by atomic mass is 10.1. The fourth-order valence-electron chi connectivity index (χ4n) is 2.02. The van der Waals surface area contributed by atoms with Gasteiger partial charge in [-0.15, -0.1) is 0 Å². The first-order valence-corrected chi connectivity index (χ1v) is 6.37. The van der Waals surface area contributed by atoms with E-state index in [2.05, 4.69) is 12.2 Å². The molecule has 0 saturated carbocycles. The molecule has 0 aliphatic carbocycles. The molecule has 98 valence electrons. The summed E-state index contributed by atoms with van der Waals surface area (Å²) in [6.45, 7) is 3.97. The Morgan fingerprint density at radius 2 is 1.95 bits per heavy atom. The van der Waals surface area contributed by atoms with Gasteiger partial charge in [0.1, 0.15) is 0 Å². The summed E-state index contributed by atoms with van der Waals surface area (Å²) in [7, 11) is 0. The number of carbonyl (C=O) groups is 1. The van der Waals surface area contributed by atoms with Crippen LogP contribution in [0.25, 0.3) is 0 Å². The average Bonchev–Trinajstić information content (AvgIpc) is 2.39. The molecule has 3 heteroatoms. The van der Waals surface area contributed by atoms with Crippen molar-refractivity contribution in [3.63, 3.8) is 0 Å². The number of benzene rings is 2. The SMILES string of the molecule is CCc1ccc(NC(=O)c2ccccc2C)cc1N. The van der Waals surface area contributed by atoms with Gasteiger partial charge in [0.15, 0.2) is 0 Å². The summed E-state index contributed by atoms with van der Waals surface area (Å²) in [5.41, 5.74) is 10.1. The molecule has 0 aromatic heterocycles. The second-order valence-electron chi connectivity index (χ2n) is 4.54. The Kier molecular flexibility index (Phi) is 3.85. The number of carbonyl (C=O) groups excluding carboxylic acids is 1. The molecule has 19 heavy (non-hydrogen) atoms. The smallest absolute Gasteiger partial charge is 0.255 e. The number of nitrogens with one attached hydrogen (secondary N) is 1. The van der Waals surface area contributed by atoms with Gasteiger partial charge in [-0.3, -0.25) is 4.79 Å². The van der Waals surface area contributed by atoms with Crippen LogP contribution in [0.4, 0.5) is 11.4 Å². The normalized spacial score (nSPS) is 10.2. The van der Waals surface area contributed by atoms with Crippen molar-refractivity contribution in [2.75, 3.05) is 11.1 Å². The molecule has 3 nitrogen and oxygen atoms in total. The molecule has 2 aromatic rings. The zero-order chi connectivity index (χ0) is 13.8. The zero-order valence-corrected chi connectivity index (χ0v) is 11.2. The molecule has 0 saturated heterocycles. The molecule has 0 aliphatic heterocycles. The third-order valence-electron chi connectivity index (χ3n) is 3.17. The fourth-order valence-corrected chi connectivity index (χ4v) is 2.02. The lowest BCUT2D eigenvalue weighted by molar-refractivity contribution is 0.102. The van der Waals surface area contributed by atoms with Crippen molar-refractivity contribution in [3.8, 4) is 0 Å². The molecule has 2 aromatic carbocycles. The molecular weight excluding hydrogens is 236 g/mol. The maximum absolute atomic E-state index is 12.1. The maximum Gasteiger partial charge on any atom is 0.255 e. The Bertz CT molecular complexity index is 605. The van der Waals surface area contributed by atoms with Crippen LogP contribution in [-0.4, -0.2) is 5.91 Å². The number of anilines is 2. The van der Waals surface area contributed by atoms with E-state index in [0.29, 0.717) is 11.3 Å². The quantitative estimate of drug-likeness (QED) is 0.825. The average molecular weight is 254 g/mol. The molecule has 0 spiro atoms. The monoisotopic (exact) mass is 254 g/mol. The third kappa shape index (κ3) is 2.94. The summed E-state index contributed by atoms with van der Waals surface area (Å²) in [5.74, 6) is -0.109. The predicted octanol–water partition coefficient (Wildman–Crippen LogP) is 3.39. The Morgan fingerprint density at radius 1 is 1.21 bits per heavy atom. The first-order chi connectivity index (χ1) is 9.11. The Labute approximate surface area is 113 Å². The van der Waals surface area contributed by atoms with Crippen LogP contribution in [0, 0.1) is 6.92 Å². The lowest BCUT2D eigenvalue weighted by Crippen LogP contribution is -2.13. The van der Waals surface area contributed by atoms with Gasteiger partial charge in [0.25, 0.3) is 5.91 Å². The van der Waals surface area contributed by atoms with Crippen LogP contribution in [0.1, 0.15) is 28.4 Å². The summed E-state index contributed by atoms with van der Waals surface area (Å²) in [6.07, 6.45) is 0.887. The fraction of sp³-hybridized carbons (Fsp3) is 0.188. The van der Waals surface area contributed by atoms with Crippen LogP contribution in [0.15, 0.2) is 42.5 Å². The van der Waals surface area contributed by atoms with E-state index < -0.39 is 0 Å². The van der Waals surface area contributed by atoms with Gasteiger partial charge in [-0.05, 0) is 42.7 Å².